The maximum atomic E-state index is 13.0. The van der Waals surface area contributed by atoms with Crippen LogP contribution in [-0.2, 0) is 11.2 Å². The predicted octanol–water partition coefficient (Wildman–Crippen LogP) is 2.72. The number of rotatable bonds is 2. The molecule has 0 radical (unpaired) electrons. The van der Waals surface area contributed by atoms with Crippen LogP contribution in [0.2, 0.25) is 0 Å². The molecule has 150 valence electrons. The van der Waals surface area contributed by atoms with Crippen molar-refractivity contribution in [2.24, 2.45) is 0 Å². The van der Waals surface area contributed by atoms with Crippen molar-refractivity contribution < 1.29 is 19.1 Å². The number of nitrogens with one attached hydrogen (secondary N) is 1. The van der Waals surface area contributed by atoms with Crippen molar-refractivity contribution in [2.75, 3.05) is 29.6 Å². The van der Waals surface area contributed by atoms with Gasteiger partial charge in [-0.2, -0.15) is 0 Å². The van der Waals surface area contributed by atoms with Crippen molar-refractivity contribution in [2.45, 2.75) is 31.8 Å². The second-order valence-electron chi connectivity index (χ2n) is 7.73. The van der Waals surface area contributed by atoms with E-state index in [-0.39, 0.29) is 30.4 Å². The molecule has 0 bridgehead atoms. The zero-order valence-electron chi connectivity index (χ0n) is 16.3. The molecule has 2 aromatic carbocycles. The molecule has 3 aliphatic heterocycles. The summed E-state index contributed by atoms with van der Waals surface area (Å²) in [6.45, 7) is 3.51. The zero-order chi connectivity index (χ0) is 20.0. The van der Waals surface area contributed by atoms with Gasteiger partial charge in [-0.15, -0.1) is 0 Å². The molecular weight excluding hydrogens is 370 g/mol. The fraction of sp³-hybridized carbons (Fsp3) is 0.364. The quantitative estimate of drug-likeness (QED) is 0.852. The summed E-state index contributed by atoms with van der Waals surface area (Å²) in [6, 6.07) is 13.2. The first kappa shape index (κ1) is 17.8. The monoisotopic (exact) mass is 393 g/mol. The first-order chi connectivity index (χ1) is 14.1. The summed E-state index contributed by atoms with van der Waals surface area (Å²) < 4.78 is 11.2. The van der Waals surface area contributed by atoms with Gasteiger partial charge < -0.3 is 19.7 Å². The number of carbonyl (C=O) groups is 2. The van der Waals surface area contributed by atoms with Crippen molar-refractivity contribution in [1.29, 1.82) is 0 Å². The summed E-state index contributed by atoms with van der Waals surface area (Å²) in [6.07, 6.45) is 1.13. The van der Waals surface area contributed by atoms with E-state index in [1.807, 2.05) is 43.3 Å². The third-order valence-corrected chi connectivity index (χ3v) is 5.72. The second-order valence-corrected chi connectivity index (χ2v) is 7.73. The third-order valence-electron chi connectivity index (χ3n) is 5.72. The molecule has 3 aliphatic rings. The van der Waals surface area contributed by atoms with Gasteiger partial charge in [0.15, 0.2) is 11.5 Å². The summed E-state index contributed by atoms with van der Waals surface area (Å²) in [5.74, 6) is 1.33. The van der Waals surface area contributed by atoms with E-state index in [2.05, 4.69) is 11.4 Å². The Morgan fingerprint density at radius 1 is 1.07 bits per heavy atom. The number of amides is 3. The SMILES string of the molecule is CC1Cc2ccccc2N1C(=O)NC1CC(=O)N(c2ccc3c(c2)OCCO3)C1. The highest BCUT2D eigenvalue weighted by molar-refractivity contribution is 5.99. The molecule has 3 heterocycles. The van der Waals surface area contributed by atoms with Crippen LogP contribution in [0.15, 0.2) is 42.5 Å². The number of hydrogen-bond acceptors (Lipinski definition) is 4. The molecule has 2 aromatic rings. The highest BCUT2D eigenvalue weighted by Gasteiger charge is 2.36. The molecule has 1 fully saturated rings. The topological polar surface area (TPSA) is 71.1 Å². The zero-order valence-corrected chi connectivity index (χ0v) is 16.3. The fourth-order valence-electron chi connectivity index (χ4n) is 4.37. The molecule has 2 unspecified atom stereocenters. The number of para-hydroxylation sites is 1. The standard InChI is InChI=1S/C22H23N3O4/c1-14-10-15-4-2-3-5-18(15)25(14)22(27)23-16-11-21(26)24(13-16)17-6-7-19-20(12-17)29-9-8-28-19/h2-7,12,14,16H,8-11,13H2,1H3,(H,23,27). The third kappa shape index (κ3) is 3.16. The largest absolute Gasteiger partial charge is 0.486 e. The van der Waals surface area contributed by atoms with Gasteiger partial charge in [-0.1, -0.05) is 18.2 Å². The Hall–Kier alpha value is -3.22. The molecule has 0 aliphatic carbocycles. The molecule has 7 nitrogen and oxygen atoms in total. The average Bonchev–Trinajstić information content (AvgIpc) is 3.26. The number of urea groups is 1. The number of anilines is 2. The van der Waals surface area contributed by atoms with E-state index in [4.69, 9.17) is 9.47 Å². The number of hydrogen-bond donors (Lipinski definition) is 1. The normalized spacial score (nSPS) is 22.6. The Morgan fingerprint density at radius 3 is 2.72 bits per heavy atom. The summed E-state index contributed by atoms with van der Waals surface area (Å²) in [5, 5.41) is 3.05. The van der Waals surface area contributed by atoms with Crippen LogP contribution in [0.4, 0.5) is 16.2 Å². The predicted molar refractivity (Wildman–Crippen MR) is 109 cm³/mol. The van der Waals surface area contributed by atoms with E-state index in [0.29, 0.717) is 31.3 Å². The van der Waals surface area contributed by atoms with Crippen molar-refractivity contribution >= 4 is 23.3 Å². The van der Waals surface area contributed by atoms with Gasteiger partial charge in [0.05, 0.1) is 6.04 Å². The number of nitrogens with zero attached hydrogens (tertiary/aromatic N) is 2. The lowest BCUT2D eigenvalue weighted by atomic mass is 10.1. The highest BCUT2D eigenvalue weighted by Crippen LogP contribution is 2.35. The molecule has 0 saturated carbocycles. The molecule has 3 amide bonds. The minimum absolute atomic E-state index is 0.0122. The molecule has 0 aromatic heterocycles. The maximum absolute atomic E-state index is 13.0. The van der Waals surface area contributed by atoms with Gasteiger partial charge in [0.2, 0.25) is 5.91 Å². The number of benzene rings is 2. The van der Waals surface area contributed by atoms with Gasteiger partial charge in [0.1, 0.15) is 13.2 Å². The van der Waals surface area contributed by atoms with E-state index in [1.165, 1.54) is 5.56 Å². The van der Waals surface area contributed by atoms with Crippen molar-refractivity contribution in [1.82, 2.24) is 5.32 Å². The number of ether oxygens (including phenoxy) is 2. The van der Waals surface area contributed by atoms with E-state index < -0.39 is 0 Å². The van der Waals surface area contributed by atoms with Crippen molar-refractivity contribution in [3.8, 4) is 11.5 Å². The van der Waals surface area contributed by atoms with Crippen LogP contribution in [0.25, 0.3) is 0 Å². The lowest BCUT2D eigenvalue weighted by Gasteiger charge is -2.25. The number of carbonyl (C=O) groups excluding carboxylic acids is 2. The van der Waals surface area contributed by atoms with Gasteiger partial charge in [-0.25, -0.2) is 4.79 Å². The minimum atomic E-state index is -0.233. The van der Waals surface area contributed by atoms with Crippen LogP contribution < -0.4 is 24.6 Å². The molecule has 1 saturated heterocycles. The first-order valence-electron chi connectivity index (χ1n) is 9.98. The van der Waals surface area contributed by atoms with Crippen molar-refractivity contribution in [3.63, 3.8) is 0 Å². The first-order valence-corrected chi connectivity index (χ1v) is 9.98. The Balaban J connectivity index is 1.29. The van der Waals surface area contributed by atoms with Crippen LogP contribution >= 0.6 is 0 Å². The van der Waals surface area contributed by atoms with Crippen LogP contribution in [0.1, 0.15) is 18.9 Å². The van der Waals surface area contributed by atoms with E-state index >= 15 is 0 Å². The minimum Gasteiger partial charge on any atom is -0.486 e. The van der Waals surface area contributed by atoms with Gasteiger partial charge in [0.25, 0.3) is 0 Å². The van der Waals surface area contributed by atoms with Gasteiger partial charge in [-0.05, 0) is 37.1 Å². The lowest BCUT2D eigenvalue weighted by Crippen LogP contribution is -2.48. The van der Waals surface area contributed by atoms with Crippen LogP contribution in [0.3, 0.4) is 0 Å². The fourth-order valence-corrected chi connectivity index (χ4v) is 4.37. The Kier molecular flexibility index (Phi) is 4.30. The molecule has 5 rings (SSSR count). The number of fused-ring (bicyclic) bond motifs is 2. The van der Waals surface area contributed by atoms with E-state index in [9.17, 15) is 9.59 Å². The molecule has 1 N–H and O–H groups in total. The van der Waals surface area contributed by atoms with Crippen LogP contribution in [0, 0.1) is 0 Å². The lowest BCUT2D eigenvalue weighted by molar-refractivity contribution is -0.117. The Labute approximate surface area is 169 Å². The molecular formula is C22H23N3O4. The summed E-state index contributed by atoms with van der Waals surface area (Å²) in [5.41, 5.74) is 2.89. The summed E-state index contributed by atoms with van der Waals surface area (Å²) in [7, 11) is 0. The van der Waals surface area contributed by atoms with E-state index in [0.717, 1.165) is 17.8 Å². The molecule has 0 spiro atoms. The molecule has 29 heavy (non-hydrogen) atoms. The highest BCUT2D eigenvalue weighted by atomic mass is 16.6. The van der Waals surface area contributed by atoms with Crippen LogP contribution in [-0.4, -0.2) is 43.8 Å². The smallest absolute Gasteiger partial charge is 0.322 e. The Bertz CT molecular complexity index is 976. The summed E-state index contributed by atoms with van der Waals surface area (Å²) in [4.78, 5) is 29.1. The molecule has 7 heteroatoms. The second kappa shape index (κ2) is 6.99. The maximum Gasteiger partial charge on any atom is 0.322 e. The van der Waals surface area contributed by atoms with Crippen molar-refractivity contribution in [3.05, 3.63) is 48.0 Å². The average molecular weight is 393 g/mol. The van der Waals surface area contributed by atoms with Gasteiger partial charge in [0, 0.05) is 36.4 Å². The molecule has 2 atom stereocenters. The summed E-state index contributed by atoms with van der Waals surface area (Å²) >= 11 is 0. The van der Waals surface area contributed by atoms with Gasteiger partial charge in [-0.3, -0.25) is 9.69 Å². The van der Waals surface area contributed by atoms with Crippen LogP contribution in [0.5, 0.6) is 11.5 Å². The Morgan fingerprint density at radius 2 is 1.86 bits per heavy atom. The van der Waals surface area contributed by atoms with Gasteiger partial charge >= 0.3 is 6.03 Å². The van der Waals surface area contributed by atoms with E-state index in [1.54, 1.807) is 9.80 Å².